The van der Waals surface area contributed by atoms with Gasteiger partial charge in [-0.2, -0.15) is 5.10 Å². The van der Waals surface area contributed by atoms with Gasteiger partial charge in [0, 0.05) is 24.7 Å². The number of nitrogens with two attached hydrogens (primary N) is 2. The van der Waals surface area contributed by atoms with Gasteiger partial charge in [-0.3, -0.25) is 19.7 Å². The molecule has 0 atom stereocenters. The van der Waals surface area contributed by atoms with Crippen molar-refractivity contribution in [3.63, 3.8) is 0 Å². The molecule has 0 radical (unpaired) electrons. The van der Waals surface area contributed by atoms with E-state index in [2.05, 4.69) is 10.4 Å². The lowest BCUT2D eigenvalue weighted by Crippen LogP contribution is -2.26. The number of benzene rings is 1. The molecule has 2 rings (SSSR count). The lowest BCUT2D eigenvalue weighted by atomic mass is 10.1. The number of ether oxygens (including phenoxy) is 1. The molecule has 0 aliphatic heterocycles. The summed E-state index contributed by atoms with van der Waals surface area (Å²) >= 11 is 0. The number of nitrogens with one attached hydrogen (secondary N) is 2. The molecule has 2 aromatic rings. The van der Waals surface area contributed by atoms with Crippen LogP contribution in [0.1, 0.15) is 27.3 Å². The SMILES string of the molecule is Cc1cc(C(=O)NCc2ccc(C(=N)N)cc2OCC(N)=O)n(C)n1.Cl. The summed E-state index contributed by atoms with van der Waals surface area (Å²) in [5, 5.41) is 14.4. The Bertz CT molecular complexity index is 833. The number of amides is 2. The van der Waals surface area contributed by atoms with E-state index in [1.165, 1.54) is 10.7 Å². The molecule has 0 spiro atoms. The van der Waals surface area contributed by atoms with Crippen molar-refractivity contribution in [2.24, 2.45) is 18.5 Å². The third-order valence-corrected chi connectivity index (χ3v) is 3.42. The molecule has 1 aromatic heterocycles. The molecule has 0 saturated heterocycles. The number of hydrogen-bond donors (Lipinski definition) is 4. The molecule has 0 unspecified atom stereocenters. The molecule has 0 saturated carbocycles. The van der Waals surface area contributed by atoms with Crippen LogP contribution >= 0.6 is 12.4 Å². The summed E-state index contributed by atoms with van der Waals surface area (Å²) in [7, 11) is 1.69. The number of aryl methyl sites for hydroxylation is 2. The Hall–Kier alpha value is -3.07. The van der Waals surface area contributed by atoms with Crippen LogP contribution in [0.3, 0.4) is 0 Å². The van der Waals surface area contributed by atoms with Gasteiger partial charge in [0.2, 0.25) is 0 Å². The lowest BCUT2D eigenvalue weighted by Gasteiger charge is -2.13. The van der Waals surface area contributed by atoms with Crippen LogP contribution in [0.4, 0.5) is 0 Å². The molecule has 1 heterocycles. The van der Waals surface area contributed by atoms with E-state index in [4.69, 9.17) is 21.6 Å². The first-order valence-corrected chi connectivity index (χ1v) is 7.45. The predicted molar refractivity (Wildman–Crippen MR) is 98.5 cm³/mol. The number of aromatic nitrogens is 2. The highest BCUT2D eigenvalue weighted by Gasteiger charge is 2.14. The standard InChI is InChI=1S/C16H20N6O3.ClH/c1-9-5-12(22(2)21-9)16(24)20-7-11-4-3-10(15(18)19)6-13(11)25-8-14(17)23;/h3-6H,7-8H2,1-2H3,(H2,17,23)(H3,18,19)(H,20,24);1H. The zero-order chi connectivity index (χ0) is 18.6. The van der Waals surface area contributed by atoms with E-state index in [9.17, 15) is 9.59 Å². The maximum atomic E-state index is 12.3. The summed E-state index contributed by atoms with van der Waals surface area (Å²) in [4.78, 5) is 23.2. The van der Waals surface area contributed by atoms with E-state index in [1.807, 2.05) is 0 Å². The first-order chi connectivity index (χ1) is 11.8. The molecule has 2 amide bonds. The summed E-state index contributed by atoms with van der Waals surface area (Å²) in [5.74, 6) is -0.731. The molecule has 0 fully saturated rings. The third-order valence-electron chi connectivity index (χ3n) is 3.42. The minimum absolute atomic E-state index is 0. The van der Waals surface area contributed by atoms with Gasteiger partial charge in [0.15, 0.2) is 6.61 Å². The van der Waals surface area contributed by atoms with Gasteiger partial charge in [-0.15, -0.1) is 12.4 Å². The van der Waals surface area contributed by atoms with Crippen LogP contribution in [0.5, 0.6) is 5.75 Å². The number of carbonyl (C=O) groups excluding carboxylic acids is 2. The van der Waals surface area contributed by atoms with Crippen LogP contribution in [-0.4, -0.2) is 34.0 Å². The van der Waals surface area contributed by atoms with Crippen LogP contribution in [0.2, 0.25) is 0 Å². The summed E-state index contributed by atoms with van der Waals surface area (Å²) in [6.45, 7) is 1.64. The van der Waals surface area contributed by atoms with Crippen LogP contribution in [0.25, 0.3) is 0 Å². The number of primary amides is 1. The monoisotopic (exact) mass is 380 g/mol. The molecule has 0 aliphatic carbocycles. The highest BCUT2D eigenvalue weighted by atomic mass is 35.5. The molecule has 6 N–H and O–H groups in total. The quantitative estimate of drug-likeness (QED) is 0.400. The number of nitrogen functional groups attached to an aromatic ring is 1. The molecule has 9 nitrogen and oxygen atoms in total. The topological polar surface area (TPSA) is 149 Å². The molecule has 0 bridgehead atoms. The van der Waals surface area contributed by atoms with Crippen molar-refractivity contribution < 1.29 is 14.3 Å². The van der Waals surface area contributed by atoms with Crippen molar-refractivity contribution in [2.45, 2.75) is 13.5 Å². The highest BCUT2D eigenvalue weighted by molar-refractivity contribution is 5.95. The van der Waals surface area contributed by atoms with E-state index in [1.54, 1.807) is 32.2 Å². The average Bonchev–Trinajstić information content (AvgIpc) is 2.89. The Morgan fingerprint density at radius 1 is 1.31 bits per heavy atom. The van der Waals surface area contributed by atoms with Crippen LogP contribution in [0, 0.1) is 12.3 Å². The van der Waals surface area contributed by atoms with Crippen LogP contribution in [0.15, 0.2) is 24.3 Å². The number of halogens is 1. The molecule has 1 aromatic carbocycles. The van der Waals surface area contributed by atoms with E-state index < -0.39 is 5.91 Å². The highest BCUT2D eigenvalue weighted by Crippen LogP contribution is 2.21. The molecule has 10 heteroatoms. The van der Waals surface area contributed by atoms with Gasteiger partial charge < -0.3 is 21.5 Å². The molecular formula is C16H21ClN6O3. The second-order valence-corrected chi connectivity index (χ2v) is 5.47. The number of amidine groups is 1. The zero-order valence-corrected chi connectivity index (χ0v) is 15.2. The zero-order valence-electron chi connectivity index (χ0n) is 14.4. The average molecular weight is 381 g/mol. The fourth-order valence-electron chi connectivity index (χ4n) is 2.24. The smallest absolute Gasteiger partial charge is 0.269 e. The third kappa shape index (κ3) is 5.21. The number of nitrogens with zero attached hydrogens (tertiary/aromatic N) is 2. The van der Waals surface area contributed by atoms with E-state index in [0.29, 0.717) is 22.6 Å². The molecule has 26 heavy (non-hydrogen) atoms. The Kier molecular flexibility index (Phi) is 7.15. The van der Waals surface area contributed by atoms with Crippen molar-refractivity contribution in [3.05, 3.63) is 46.8 Å². The number of carbonyl (C=O) groups is 2. The van der Waals surface area contributed by atoms with Crippen LogP contribution < -0.4 is 21.5 Å². The fraction of sp³-hybridized carbons (Fsp3) is 0.250. The maximum Gasteiger partial charge on any atom is 0.269 e. The van der Waals surface area contributed by atoms with E-state index >= 15 is 0 Å². The van der Waals surface area contributed by atoms with Gasteiger partial charge in [0.1, 0.15) is 17.3 Å². The van der Waals surface area contributed by atoms with Crippen molar-refractivity contribution in [3.8, 4) is 5.75 Å². The number of hydrogen-bond acceptors (Lipinski definition) is 5. The lowest BCUT2D eigenvalue weighted by molar-refractivity contribution is -0.119. The minimum atomic E-state index is -0.631. The van der Waals surface area contributed by atoms with Gasteiger partial charge >= 0.3 is 0 Å². The summed E-state index contributed by atoms with van der Waals surface area (Å²) in [6.07, 6.45) is 0. The van der Waals surface area contributed by atoms with Gasteiger partial charge in [-0.25, -0.2) is 0 Å². The second kappa shape index (κ2) is 8.86. The van der Waals surface area contributed by atoms with Gasteiger partial charge in [0.25, 0.3) is 11.8 Å². The Balaban J connectivity index is 0.00000338. The summed E-state index contributed by atoms with van der Waals surface area (Å²) in [6, 6.07) is 6.51. The molecule has 0 aliphatic rings. The van der Waals surface area contributed by atoms with Gasteiger partial charge in [-0.05, 0) is 19.1 Å². The van der Waals surface area contributed by atoms with Crippen molar-refractivity contribution >= 4 is 30.1 Å². The van der Waals surface area contributed by atoms with E-state index in [-0.39, 0.29) is 37.3 Å². The molecule has 140 valence electrons. The number of rotatable bonds is 7. The Labute approximate surface area is 156 Å². The first kappa shape index (κ1) is 21.0. The molecular weight excluding hydrogens is 360 g/mol. The minimum Gasteiger partial charge on any atom is -0.483 e. The van der Waals surface area contributed by atoms with Crippen molar-refractivity contribution in [2.75, 3.05) is 6.61 Å². The summed E-state index contributed by atoms with van der Waals surface area (Å²) in [5.41, 5.74) is 12.8. The normalized spacial score (nSPS) is 9.92. The first-order valence-electron chi connectivity index (χ1n) is 7.45. The Morgan fingerprint density at radius 3 is 2.54 bits per heavy atom. The Morgan fingerprint density at radius 2 is 2.00 bits per heavy atom. The second-order valence-electron chi connectivity index (χ2n) is 5.47. The van der Waals surface area contributed by atoms with Gasteiger partial charge in [-0.1, -0.05) is 12.1 Å². The predicted octanol–water partition coefficient (Wildman–Crippen LogP) is 0.228. The fourth-order valence-corrected chi connectivity index (χ4v) is 2.24. The van der Waals surface area contributed by atoms with Crippen molar-refractivity contribution in [1.82, 2.24) is 15.1 Å². The van der Waals surface area contributed by atoms with Crippen molar-refractivity contribution in [1.29, 1.82) is 5.41 Å². The van der Waals surface area contributed by atoms with Gasteiger partial charge in [0.05, 0.1) is 5.69 Å². The summed E-state index contributed by atoms with van der Waals surface area (Å²) < 4.78 is 6.85. The van der Waals surface area contributed by atoms with Crippen LogP contribution in [-0.2, 0) is 18.4 Å². The maximum absolute atomic E-state index is 12.3. The van der Waals surface area contributed by atoms with E-state index in [0.717, 1.165) is 5.69 Å². The largest absolute Gasteiger partial charge is 0.483 e.